The van der Waals surface area contributed by atoms with E-state index in [2.05, 4.69) is 215 Å². The molecule has 0 radical (unpaired) electrons. The van der Waals surface area contributed by atoms with Crippen LogP contribution in [0.25, 0.3) is 111 Å². The SMILES string of the molecule is C/C=C\C=N.CC.c1ccc(-n2c3ccc(-c4ccc5c(c4)c4cc(-c6ccccc6-c6ccccn6)ccc4n5-c4ccccc4)cc3c3cc(-c4ccccc4-c4ccccn4)ccc32)cc1. The first-order valence-corrected chi connectivity index (χ1v) is 23.6. The third-order valence-electron chi connectivity index (χ3n) is 12.5. The zero-order chi connectivity index (χ0) is 47.1. The molecule has 0 atom stereocenters. The number of nitrogens with zero attached hydrogens (tertiary/aromatic N) is 4. The predicted octanol–water partition coefficient (Wildman–Crippen LogP) is 17.2. The molecular formula is C64H51N5. The summed E-state index contributed by atoms with van der Waals surface area (Å²) in [6.45, 7) is 5.88. The molecule has 0 amide bonds. The number of allylic oxidation sites excluding steroid dienone is 2. The van der Waals surface area contributed by atoms with Crippen LogP contribution < -0.4 is 0 Å². The van der Waals surface area contributed by atoms with Gasteiger partial charge in [-0.2, -0.15) is 0 Å². The Morgan fingerprint density at radius 2 is 0.696 bits per heavy atom. The molecule has 0 saturated carbocycles. The van der Waals surface area contributed by atoms with E-state index in [9.17, 15) is 0 Å². The lowest BCUT2D eigenvalue weighted by atomic mass is 9.95. The van der Waals surface area contributed by atoms with Crippen molar-refractivity contribution in [2.45, 2.75) is 20.8 Å². The second-order valence-corrected chi connectivity index (χ2v) is 16.5. The summed E-state index contributed by atoms with van der Waals surface area (Å²) in [4.78, 5) is 9.45. The van der Waals surface area contributed by atoms with E-state index in [0.29, 0.717) is 0 Å². The molecule has 0 saturated heterocycles. The van der Waals surface area contributed by atoms with Gasteiger partial charge in [-0.1, -0.05) is 141 Å². The van der Waals surface area contributed by atoms with Crippen molar-refractivity contribution in [2.24, 2.45) is 0 Å². The van der Waals surface area contributed by atoms with E-state index in [0.717, 1.165) is 56.1 Å². The molecule has 0 aliphatic heterocycles. The number of rotatable bonds is 8. The summed E-state index contributed by atoms with van der Waals surface area (Å²) >= 11 is 0. The Bertz CT molecular complexity index is 3510. The molecule has 8 aromatic carbocycles. The summed E-state index contributed by atoms with van der Waals surface area (Å²) in [5.74, 6) is 0. The van der Waals surface area contributed by atoms with Crippen molar-refractivity contribution in [1.29, 1.82) is 5.41 Å². The molecule has 0 bridgehead atoms. The number of aromatic nitrogens is 4. The molecule has 4 aromatic heterocycles. The molecule has 0 fully saturated rings. The number of para-hydroxylation sites is 2. The average Bonchev–Trinajstić information content (AvgIpc) is 3.94. The summed E-state index contributed by atoms with van der Waals surface area (Å²) < 4.78 is 4.79. The normalized spacial score (nSPS) is 11.1. The highest BCUT2D eigenvalue weighted by Gasteiger charge is 2.19. The van der Waals surface area contributed by atoms with Crippen molar-refractivity contribution in [3.63, 3.8) is 0 Å². The van der Waals surface area contributed by atoms with Crippen molar-refractivity contribution in [3.8, 4) is 67.3 Å². The second kappa shape index (κ2) is 19.9. The monoisotopic (exact) mass is 889 g/mol. The van der Waals surface area contributed by atoms with Gasteiger partial charge in [-0.3, -0.25) is 9.97 Å². The van der Waals surface area contributed by atoms with Crippen LogP contribution >= 0.6 is 0 Å². The van der Waals surface area contributed by atoms with Gasteiger partial charge >= 0.3 is 0 Å². The van der Waals surface area contributed by atoms with Crippen LogP contribution in [0.4, 0.5) is 0 Å². The third-order valence-corrected chi connectivity index (χ3v) is 12.5. The first-order chi connectivity index (χ1) is 34.2. The lowest BCUT2D eigenvalue weighted by Gasteiger charge is -2.11. The average molecular weight is 890 g/mol. The summed E-state index contributed by atoms with van der Waals surface area (Å²) in [5.41, 5.74) is 18.1. The molecule has 5 heteroatoms. The van der Waals surface area contributed by atoms with Gasteiger partial charge in [0.2, 0.25) is 0 Å². The van der Waals surface area contributed by atoms with Crippen LogP contribution in [-0.2, 0) is 0 Å². The van der Waals surface area contributed by atoms with Gasteiger partial charge in [0.05, 0.1) is 33.5 Å². The van der Waals surface area contributed by atoms with Gasteiger partial charge in [-0.15, -0.1) is 0 Å². The molecule has 69 heavy (non-hydrogen) atoms. The number of fused-ring (bicyclic) bond motifs is 6. The second-order valence-electron chi connectivity index (χ2n) is 16.5. The van der Waals surface area contributed by atoms with Crippen LogP contribution in [-0.4, -0.2) is 25.3 Å². The maximum Gasteiger partial charge on any atom is 0.0708 e. The Hall–Kier alpha value is -8.93. The molecule has 4 heterocycles. The number of hydrogen-bond donors (Lipinski definition) is 1. The highest BCUT2D eigenvalue weighted by atomic mass is 15.0. The number of pyridine rings is 2. The van der Waals surface area contributed by atoms with E-state index in [1.54, 1.807) is 6.08 Å². The molecule has 12 rings (SSSR count). The van der Waals surface area contributed by atoms with Crippen molar-refractivity contribution in [2.75, 3.05) is 0 Å². The molecule has 0 aliphatic carbocycles. The predicted molar refractivity (Wildman–Crippen MR) is 293 cm³/mol. The van der Waals surface area contributed by atoms with E-state index >= 15 is 0 Å². The topological polar surface area (TPSA) is 59.5 Å². The van der Waals surface area contributed by atoms with Gasteiger partial charge in [0.15, 0.2) is 0 Å². The lowest BCUT2D eigenvalue weighted by Crippen LogP contribution is -1.93. The summed E-state index contributed by atoms with van der Waals surface area (Å²) in [7, 11) is 0. The van der Waals surface area contributed by atoms with Crippen molar-refractivity contribution < 1.29 is 0 Å². The fourth-order valence-corrected chi connectivity index (χ4v) is 9.51. The zero-order valence-corrected chi connectivity index (χ0v) is 39.0. The van der Waals surface area contributed by atoms with E-state index in [-0.39, 0.29) is 0 Å². The Morgan fingerprint density at radius 3 is 1.03 bits per heavy atom. The molecule has 0 unspecified atom stereocenters. The third kappa shape index (κ3) is 8.43. The van der Waals surface area contributed by atoms with E-state index < -0.39 is 0 Å². The lowest BCUT2D eigenvalue weighted by molar-refractivity contribution is 1.18. The summed E-state index contributed by atoms with van der Waals surface area (Å²) in [6, 6.07) is 78.5. The van der Waals surface area contributed by atoms with Gasteiger partial charge in [-0.05, 0) is 143 Å². The molecule has 0 spiro atoms. The first kappa shape index (κ1) is 43.9. The molecule has 0 aliphatic rings. The minimum Gasteiger partial charge on any atom is -0.309 e. The molecular weight excluding hydrogens is 839 g/mol. The molecule has 332 valence electrons. The maximum atomic E-state index is 6.39. The largest absolute Gasteiger partial charge is 0.309 e. The van der Waals surface area contributed by atoms with E-state index in [1.807, 2.05) is 51.4 Å². The fraction of sp³-hybridized carbons (Fsp3) is 0.0469. The van der Waals surface area contributed by atoms with Crippen LogP contribution in [0.15, 0.2) is 243 Å². The number of benzene rings is 8. The van der Waals surface area contributed by atoms with Crippen molar-refractivity contribution >= 4 is 49.8 Å². The zero-order valence-electron chi connectivity index (χ0n) is 39.0. The molecule has 5 nitrogen and oxygen atoms in total. The summed E-state index contributed by atoms with van der Waals surface area (Å²) in [5, 5.41) is 11.2. The highest BCUT2D eigenvalue weighted by Crippen LogP contribution is 2.42. The highest BCUT2D eigenvalue weighted by molar-refractivity contribution is 6.14. The van der Waals surface area contributed by atoms with Gasteiger partial charge < -0.3 is 14.5 Å². The molecule has 12 aromatic rings. The van der Waals surface area contributed by atoms with Crippen molar-refractivity contribution in [1.82, 2.24) is 19.1 Å². The van der Waals surface area contributed by atoms with Gasteiger partial charge in [0.25, 0.3) is 0 Å². The smallest absolute Gasteiger partial charge is 0.0708 e. The Morgan fingerprint density at radius 1 is 0.362 bits per heavy atom. The standard InChI is InChI=1S/C58H38N4.C4H7N.C2H6/c1-3-15-43(16-4-1)61-55-29-25-39(35-49(55)51-37-41(27-31-57(51)61)45-19-7-9-21-47(45)53-23-11-13-33-59-53)40-26-30-56-50(36-40)52-38-42(28-32-58(52)62(56)44-17-5-2-6-18-44)46-20-8-10-22-48(46)54-24-12-14-34-60-54;1-2-3-4-5;1-2/h1-38H;2-5H,1H3;1-2H3/b;3-2-,5-4?;. The Kier molecular flexibility index (Phi) is 12.7. The quantitative estimate of drug-likeness (QED) is 0.155. The van der Waals surface area contributed by atoms with Crippen LogP contribution in [0.5, 0.6) is 0 Å². The summed E-state index contributed by atoms with van der Waals surface area (Å²) in [6.07, 6.45) is 8.46. The number of nitrogens with one attached hydrogen (secondary N) is 1. The maximum absolute atomic E-state index is 6.39. The Balaban J connectivity index is 0.000000745. The van der Waals surface area contributed by atoms with E-state index in [1.165, 1.54) is 61.0 Å². The van der Waals surface area contributed by atoms with Crippen molar-refractivity contribution in [3.05, 3.63) is 243 Å². The van der Waals surface area contributed by atoms with Crippen LogP contribution in [0.2, 0.25) is 0 Å². The van der Waals surface area contributed by atoms with Gasteiger partial charge in [-0.25, -0.2) is 0 Å². The Labute approximate surface area is 403 Å². The van der Waals surface area contributed by atoms with Crippen LogP contribution in [0.1, 0.15) is 20.8 Å². The minimum atomic E-state index is 0.964. The number of hydrogen-bond acceptors (Lipinski definition) is 3. The first-order valence-electron chi connectivity index (χ1n) is 23.6. The van der Waals surface area contributed by atoms with Gasteiger partial charge in [0, 0.05) is 62.7 Å². The van der Waals surface area contributed by atoms with Crippen LogP contribution in [0, 0.1) is 5.41 Å². The minimum absolute atomic E-state index is 0.964. The van der Waals surface area contributed by atoms with E-state index in [4.69, 9.17) is 15.4 Å². The fourth-order valence-electron chi connectivity index (χ4n) is 9.51. The van der Waals surface area contributed by atoms with Gasteiger partial charge in [0.1, 0.15) is 0 Å². The van der Waals surface area contributed by atoms with Crippen LogP contribution in [0.3, 0.4) is 0 Å². The molecule has 1 N–H and O–H groups in total.